The number of fused-ring (bicyclic) bond motifs is 1. The van der Waals surface area contributed by atoms with Crippen LogP contribution in [-0.4, -0.2) is 85.5 Å². The number of hydrogen-bond donors (Lipinski definition) is 2. The van der Waals surface area contributed by atoms with Crippen molar-refractivity contribution in [1.82, 2.24) is 25.2 Å². The van der Waals surface area contributed by atoms with E-state index in [0.29, 0.717) is 49.1 Å². The second-order valence-corrected chi connectivity index (χ2v) is 10.3. The summed E-state index contributed by atoms with van der Waals surface area (Å²) in [7, 11) is 3.74. The van der Waals surface area contributed by atoms with Gasteiger partial charge in [-0.05, 0) is 44.2 Å². The van der Waals surface area contributed by atoms with Gasteiger partial charge >= 0.3 is 12.2 Å². The number of nitrogen functional groups attached to an aromatic ring is 1. The Hall–Kier alpha value is -2.93. The number of hydrogen-bond acceptors (Lipinski definition) is 9. The van der Waals surface area contributed by atoms with Gasteiger partial charge in [0.05, 0.1) is 28.4 Å². The fraction of sp³-hybridized carbons (Fsp3) is 0.536. The van der Waals surface area contributed by atoms with Crippen LogP contribution in [0.15, 0.2) is 24.3 Å². The Balaban J connectivity index is 0.00000189. The molecule has 9 nitrogen and oxygen atoms in total. The van der Waals surface area contributed by atoms with Crippen molar-refractivity contribution in [2.75, 3.05) is 64.2 Å². The Morgan fingerprint density at radius 1 is 1.05 bits per heavy atom. The average Bonchev–Trinajstić information content (AvgIpc) is 3.31. The van der Waals surface area contributed by atoms with Crippen LogP contribution < -0.4 is 20.7 Å². The molecule has 0 aliphatic carbocycles. The minimum Gasteiger partial charge on any atom is -0.462 e. The van der Waals surface area contributed by atoms with Crippen molar-refractivity contribution >= 4 is 34.1 Å². The minimum absolute atomic E-state index is 0.0464. The predicted octanol–water partition coefficient (Wildman–Crippen LogP) is 4.87. The number of alkyl halides is 3. The minimum atomic E-state index is -4.64. The van der Waals surface area contributed by atoms with E-state index in [9.17, 15) is 13.2 Å². The number of halogens is 4. The number of anilines is 2. The molecule has 2 fully saturated rings. The Morgan fingerprint density at radius 2 is 1.73 bits per heavy atom. The standard InChI is InChI=1S/C26H31ClF3N7O2.C2H6/c1-36-15(13-38-2)3-4-16(36)14-39-25-33-21-12-17(23-19(26(28,29)30)5-6-22(31)34-23)20(27)11-18(21)24(35-25)37-9-7-32-8-10-37;1-2/h5-6,11-12,15-16,32H,3-4,7-10,13-14H2,1-2H3,(H2,31,34);1-2H3. The largest absolute Gasteiger partial charge is 0.462 e. The second-order valence-electron chi connectivity index (χ2n) is 9.86. The first-order chi connectivity index (χ1) is 19.7. The van der Waals surface area contributed by atoms with E-state index in [-0.39, 0.29) is 34.2 Å². The van der Waals surface area contributed by atoms with Crippen LogP contribution in [-0.2, 0) is 10.9 Å². The van der Waals surface area contributed by atoms with E-state index in [2.05, 4.69) is 25.1 Å². The smallest absolute Gasteiger partial charge is 0.418 e. The van der Waals surface area contributed by atoms with Crippen LogP contribution in [0.25, 0.3) is 22.2 Å². The molecule has 1 aromatic carbocycles. The maximum absolute atomic E-state index is 13.8. The fourth-order valence-electron chi connectivity index (χ4n) is 5.24. The first kappa shape index (κ1) is 31.0. The van der Waals surface area contributed by atoms with Crippen molar-refractivity contribution in [3.05, 3.63) is 34.9 Å². The molecule has 0 radical (unpaired) electrons. The number of piperazine rings is 1. The zero-order valence-corrected chi connectivity index (χ0v) is 24.5. The van der Waals surface area contributed by atoms with Crippen LogP contribution >= 0.6 is 11.6 Å². The van der Waals surface area contributed by atoms with E-state index in [0.717, 1.165) is 38.1 Å². The highest BCUT2D eigenvalue weighted by Gasteiger charge is 2.35. The third-order valence-electron chi connectivity index (χ3n) is 7.39. The molecule has 3 aromatic rings. The van der Waals surface area contributed by atoms with Gasteiger partial charge in [-0.2, -0.15) is 23.1 Å². The summed E-state index contributed by atoms with van der Waals surface area (Å²) < 4.78 is 53.0. The van der Waals surface area contributed by atoms with Gasteiger partial charge in [-0.15, -0.1) is 0 Å². The molecule has 0 amide bonds. The van der Waals surface area contributed by atoms with Crippen LogP contribution in [0.4, 0.5) is 24.8 Å². The number of ether oxygens (including phenoxy) is 2. The maximum Gasteiger partial charge on any atom is 0.418 e. The van der Waals surface area contributed by atoms with Gasteiger partial charge < -0.3 is 25.4 Å². The number of nitrogens with one attached hydrogen (secondary N) is 1. The van der Waals surface area contributed by atoms with Crippen molar-refractivity contribution in [3.8, 4) is 17.3 Å². The molecule has 2 aliphatic rings. The highest BCUT2D eigenvalue weighted by atomic mass is 35.5. The zero-order chi connectivity index (χ0) is 29.7. The van der Waals surface area contributed by atoms with E-state index in [4.69, 9.17) is 31.8 Å². The molecular formula is C28H37ClF3N7O2. The zero-order valence-electron chi connectivity index (χ0n) is 23.8. The van der Waals surface area contributed by atoms with Crippen LogP contribution in [0.3, 0.4) is 0 Å². The summed E-state index contributed by atoms with van der Waals surface area (Å²) in [6, 6.07) is 5.77. The average molecular weight is 596 g/mol. The number of likely N-dealkylation sites (tertiary alicyclic amines) is 1. The van der Waals surface area contributed by atoms with E-state index in [1.54, 1.807) is 13.2 Å². The predicted molar refractivity (Wildman–Crippen MR) is 156 cm³/mol. The fourth-order valence-corrected chi connectivity index (χ4v) is 5.49. The lowest BCUT2D eigenvalue weighted by molar-refractivity contribution is -0.137. The molecule has 2 atom stereocenters. The third-order valence-corrected chi connectivity index (χ3v) is 7.70. The Labute approximate surface area is 243 Å². The molecule has 2 aromatic heterocycles. The summed E-state index contributed by atoms with van der Waals surface area (Å²) in [6.07, 6.45) is -2.70. The second kappa shape index (κ2) is 13.4. The summed E-state index contributed by atoms with van der Waals surface area (Å²) in [5.41, 5.74) is 4.97. The Bertz CT molecular complexity index is 1340. The van der Waals surface area contributed by atoms with Crippen LogP contribution in [0.1, 0.15) is 32.3 Å². The van der Waals surface area contributed by atoms with Crippen molar-refractivity contribution in [3.63, 3.8) is 0 Å². The van der Waals surface area contributed by atoms with E-state index < -0.39 is 11.7 Å². The normalized spacial score (nSPS) is 19.8. The lowest BCUT2D eigenvalue weighted by atomic mass is 10.0. The first-order valence-corrected chi connectivity index (χ1v) is 14.2. The number of rotatable bonds is 7. The van der Waals surface area contributed by atoms with Gasteiger partial charge in [-0.25, -0.2) is 4.98 Å². The third kappa shape index (κ3) is 6.94. The number of nitrogens with zero attached hydrogens (tertiary/aromatic N) is 5. The molecule has 0 saturated carbocycles. The lowest BCUT2D eigenvalue weighted by Gasteiger charge is -2.30. The number of methoxy groups -OCH3 is 1. The molecule has 13 heteroatoms. The van der Waals surface area contributed by atoms with Crippen molar-refractivity contribution in [2.45, 2.75) is 44.9 Å². The number of aromatic nitrogens is 3. The summed E-state index contributed by atoms with van der Waals surface area (Å²) in [5.74, 6) is 0.577. The molecular weight excluding hydrogens is 559 g/mol. The first-order valence-electron chi connectivity index (χ1n) is 13.8. The molecule has 41 heavy (non-hydrogen) atoms. The molecule has 224 valence electrons. The topological polar surface area (TPSA) is 102 Å². The summed E-state index contributed by atoms with van der Waals surface area (Å²) >= 11 is 6.58. The molecule has 0 spiro atoms. The van der Waals surface area contributed by atoms with E-state index in [1.165, 1.54) is 6.07 Å². The summed E-state index contributed by atoms with van der Waals surface area (Å²) in [4.78, 5) is 17.7. The van der Waals surface area contributed by atoms with Gasteiger partial charge in [-0.1, -0.05) is 25.4 Å². The van der Waals surface area contributed by atoms with Gasteiger partial charge in [0.25, 0.3) is 0 Å². The molecule has 0 bridgehead atoms. The van der Waals surface area contributed by atoms with Crippen molar-refractivity contribution in [1.29, 1.82) is 0 Å². The van der Waals surface area contributed by atoms with Gasteiger partial charge in [0.2, 0.25) is 0 Å². The van der Waals surface area contributed by atoms with Crippen LogP contribution in [0, 0.1) is 0 Å². The molecule has 2 aliphatic heterocycles. The van der Waals surface area contributed by atoms with Gasteiger partial charge in [0.1, 0.15) is 18.2 Å². The van der Waals surface area contributed by atoms with E-state index >= 15 is 0 Å². The molecule has 2 saturated heterocycles. The molecule has 4 heterocycles. The number of pyridine rings is 1. The molecule has 2 unspecified atom stereocenters. The monoisotopic (exact) mass is 595 g/mol. The SMILES string of the molecule is CC.COCC1CCC(COc2nc(N3CCNCC3)c3cc(Cl)c(-c4nc(N)ccc4C(F)(F)F)cc3n2)N1C. The Morgan fingerprint density at radius 3 is 2.39 bits per heavy atom. The Kier molecular flexibility index (Phi) is 10.1. The maximum atomic E-state index is 13.8. The van der Waals surface area contributed by atoms with Gasteiger partial charge in [0, 0.05) is 56.3 Å². The van der Waals surface area contributed by atoms with Gasteiger partial charge in [0.15, 0.2) is 0 Å². The van der Waals surface area contributed by atoms with Crippen LogP contribution in [0.5, 0.6) is 6.01 Å². The molecule has 5 rings (SSSR count). The van der Waals surface area contributed by atoms with E-state index in [1.807, 2.05) is 20.9 Å². The highest BCUT2D eigenvalue weighted by Crippen LogP contribution is 2.41. The highest BCUT2D eigenvalue weighted by molar-refractivity contribution is 6.34. The van der Waals surface area contributed by atoms with Gasteiger partial charge in [-0.3, -0.25) is 4.90 Å². The summed E-state index contributed by atoms with van der Waals surface area (Å²) in [5, 5.41) is 4.02. The van der Waals surface area contributed by atoms with Crippen LogP contribution in [0.2, 0.25) is 5.02 Å². The number of likely N-dealkylation sites (N-methyl/N-ethyl adjacent to an activating group) is 1. The van der Waals surface area contributed by atoms with Crippen molar-refractivity contribution in [2.24, 2.45) is 0 Å². The molecule has 3 N–H and O–H groups in total. The summed E-state index contributed by atoms with van der Waals surface area (Å²) in [6.45, 7) is 7.95. The quantitative estimate of drug-likeness (QED) is 0.396. The number of benzene rings is 1. The lowest BCUT2D eigenvalue weighted by Crippen LogP contribution is -2.44. The number of nitrogens with two attached hydrogens (primary N) is 1. The van der Waals surface area contributed by atoms with Crippen molar-refractivity contribution < 1.29 is 22.6 Å².